The quantitative estimate of drug-likeness (QED) is 0.854. The summed E-state index contributed by atoms with van der Waals surface area (Å²) < 4.78 is 5.72. The Balaban J connectivity index is 0.00000133. The molecule has 3 aliphatic rings. The van der Waals surface area contributed by atoms with Gasteiger partial charge in [0.05, 0.1) is 12.0 Å². The van der Waals surface area contributed by atoms with E-state index in [0.29, 0.717) is 18.1 Å². The molecule has 3 rings (SSSR count). The van der Waals surface area contributed by atoms with E-state index in [1.54, 1.807) is 0 Å². The fourth-order valence-electron chi connectivity index (χ4n) is 3.34. The van der Waals surface area contributed by atoms with E-state index in [0.717, 1.165) is 39.1 Å². The number of carbonyl (C=O) groups is 1. The van der Waals surface area contributed by atoms with E-state index < -0.39 is 0 Å². The molecule has 1 aliphatic carbocycles. The van der Waals surface area contributed by atoms with Crippen LogP contribution in [0.25, 0.3) is 0 Å². The number of nitrogens with one attached hydrogen (secondary N) is 1. The zero-order valence-electron chi connectivity index (χ0n) is 11.5. The maximum atomic E-state index is 12.5. The van der Waals surface area contributed by atoms with Crippen LogP contribution in [-0.4, -0.2) is 49.2 Å². The summed E-state index contributed by atoms with van der Waals surface area (Å²) in [6.45, 7) is 3.45. The lowest BCUT2D eigenvalue weighted by molar-refractivity contribution is -0.141. The number of hydrogen-bond acceptors (Lipinski definition) is 3. The topological polar surface area (TPSA) is 41.6 Å². The number of amides is 1. The van der Waals surface area contributed by atoms with Crippen molar-refractivity contribution in [3.8, 4) is 0 Å². The summed E-state index contributed by atoms with van der Waals surface area (Å²) in [5.41, 5.74) is 0. The van der Waals surface area contributed by atoms with Crippen molar-refractivity contribution in [1.29, 1.82) is 0 Å². The average Bonchev–Trinajstić information content (AvgIpc) is 2.96. The van der Waals surface area contributed by atoms with Crippen LogP contribution >= 0.6 is 12.4 Å². The van der Waals surface area contributed by atoms with Crippen LogP contribution in [-0.2, 0) is 9.53 Å². The van der Waals surface area contributed by atoms with E-state index in [-0.39, 0.29) is 18.3 Å². The van der Waals surface area contributed by atoms with Crippen molar-refractivity contribution in [2.45, 2.75) is 50.7 Å². The molecule has 5 heteroatoms. The van der Waals surface area contributed by atoms with Gasteiger partial charge in [-0.2, -0.15) is 0 Å². The van der Waals surface area contributed by atoms with Crippen LogP contribution < -0.4 is 5.32 Å². The molecule has 0 spiro atoms. The number of ether oxygens (including phenoxy) is 1. The molecular weight excluding hydrogens is 264 g/mol. The summed E-state index contributed by atoms with van der Waals surface area (Å²) in [4.78, 5) is 14.7. The minimum Gasteiger partial charge on any atom is -0.376 e. The number of hydrogen-bond donors (Lipinski definition) is 1. The van der Waals surface area contributed by atoms with Crippen molar-refractivity contribution < 1.29 is 9.53 Å². The molecule has 1 atom stereocenters. The molecule has 1 amide bonds. The number of rotatable bonds is 4. The molecule has 0 aromatic heterocycles. The van der Waals surface area contributed by atoms with Crippen LogP contribution in [0.5, 0.6) is 0 Å². The first-order chi connectivity index (χ1) is 8.84. The third kappa shape index (κ3) is 3.41. The predicted molar refractivity (Wildman–Crippen MR) is 76.6 cm³/mol. The van der Waals surface area contributed by atoms with Gasteiger partial charge in [0, 0.05) is 32.3 Å². The Bertz CT molecular complexity index is 298. The summed E-state index contributed by atoms with van der Waals surface area (Å²) >= 11 is 0. The first-order valence-corrected chi connectivity index (χ1v) is 7.47. The third-order valence-corrected chi connectivity index (χ3v) is 4.60. The van der Waals surface area contributed by atoms with Gasteiger partial charge in [0.15, 0.2) is 0 Å². The van der Waals surface area contributed by atoms with Crippen LogP contribution in [0, 0.1) is 5.92 Å². The Labute approximate surface area is 121 Å². The van der Waals surface area contributed by atoms with Crippen LogP contribution in [0.3, 0.4) is 0 Å². The van der Waals surface area contributed by atoms with Crippen molar-refractivity contribution in [1.82, 2.24) is 10.2 Å². The Morgan fingerprint density at radius 2 is 1.89 bits per heavy atom. The molecule has 4 nitrogen and oxygen atoms in total. The molecule has 110 valence electrons. The number of nitrogens with zero attached hydrogens (tertiary/aromatic N) is 1. The number of carbonyl (C=O) groups excluding carboxylic acids is 1. The molecule has 2 aliphatic heterocycles. The highest BCUT2D eigenvalue weighted by atomic mass is 35.5. The van der Waals surface area contributed by atoms with Crippen molar-refractivity contribution in [2.75, 3.05) is 26.2 Å². The monoisotopic (exact) mass is 288 g/mol. The summed E-state index contributed by atoms with van der Waals surface area (Å²) in [7, 11) is 0. The van der Waals surface area contributed by atoms with Gasteiger partial charge in [0.1, 0.15) is 0 Å². The van der Waals surface area contributed by atoms with Gasteiger partial charge in [-0.3, -0.25) is 4.79 Å². The summed E-state index contributed by atoms with van der Waals surface area (Å²) in [6.07, 6.45) is 7.52. The second-order valence-corrected chi connectivity index (χ2v) is 5.92. The first-order valence-electron chi connectivity index (χ1n) is 7.47. The first kappa shape index (κ1) is 15.1. The lowest BCUT2D eigenvalue weighted by Gasteiger charge is -2.37. The van der Waals surface area contributed by atoms with Crippen LogP contribution in [0.1, 0.15) is 38.5 Å². The second-order valence-electron chi connectivity index (χ2n) is 5.92. The average molecular weight is 289 g/mol. The SMILES string of the molecule is Cl.O=C(C1CNC1)N(CC1CCCO1)C1CCCC1. The Kier molecular flexibility index (Phi) is 5.48. The molecule has 19 heavy (non-hydrogen) atoms. The molecule has 0 bridgehead atoms. The van der Waals surface area contributed by atoms with Gasteiger partial charge in [0.25, 0.3) is 0 Å². The van der Waals surface area contributed by atoms with Gasteiger partial charge in [-0.25, -0.2) is 0 Å². The largest absolute Gasteiger partial charge is 0.376 e. The molecule has 0 aromatic rings. The molecule has 0 aromatic carbocycles. The minimum atomic E-state index is 0. The standard InChI is InChI=1S/C14H24N2O2.ClH/c17-14(11-8-15-9-11)16(12-4-1-2-5-12)10-13-6-3-7-18-13;/h11-13,15H,1-10H2;1H. The normalized spacial score (nSPS) is 27.9. The maximum Gasteiger partial charge on any atom is 0.228 e. The molecule has 2 heterocycles. The van der Waals surface area contributed by atoms with E-state index in [9.17, 15) is 4.79 Å². The minimum absolute atomic E-state index is 0. The van der Waals surface area contributed by atoms with E-state index in [4.69, 9.17) is 4.74 Å². The lowest BCUT2D eigenvalue weighted by atomic mass is 9.99. The lowest BCUT2D eigenvalue weighted by Crippen LogP contribution is -2.55. The fraction of sp³-hybridized carbons (Fsp3) is 0.929. The summed E-state index contributed by atoms with van der Waals surface area (Å²) in [5, 5.41) is 3.20. The molecule has 3 fully saturated rings. The Morgan fingerprint density at radius 1 is 1.16 bits per heavy atom. The molecule has 1 saturated carbocycles. The molecule has 0 radical (unpaired) electrons. The van der Waals surface area contributed by atoms with Crippen LogP contribution in [0.2, 0.25) is 0 Å². The van der Waals surface area contributed by atoms with Gasteiger partial charge in [0.2, 0.25) is 5.91 Å². The van der Waals surface area contributed by atoms with Gasteiger partial charge >= 0.3 is 0 Å². The zero-order valence-corrected chi connectivity index (χ0v) is 12.3. The smallest absolute Gasteiger partial charge is 0.228 e. The third-order valence-electron chi connectivity index (χ3n) is 4.60. The van der Waals surface area contributed by atoms with Gasteiger partial charge in [-0.1, -0.05) is 12.8 Å². The predicted octanol–water partition coefficient (Wildman–Crippen LogP) is 1.58. The Hall–Kier alpha value is -0.320. The Morgan fingerprint density at radius 3 is 2.42 bits per heavy atom. The van der Waals surface area contributed by atoms with E-state index >= 15 is 0 Å². The van der Waals surface area contributed by atoms with Gasteiger partial charge in [-0.15, -0.1) is 12.4 Å². The van der Waals surface area contributed by atoms with E-state index in [1.165, 1.54) is 25.7 Å². The van der Waals surface area contributed by atoms with Crippen molar-refractivity contribution in [3.63, 3.8) is 0 Å². The molecule has 1 unspecified atom stereocenters. The van der Waals surface area contributed by atoms with Gasteiger partial charge in [-0.05, 0) is 25.7 Å². The van der Waals surface area contributed by atoms with Crippen molar-refractivity contribution in [3.05, 3.63) is 0 Å². The fourth-order valence-corrected chi connectivity index (χ4v) is 3.34. The van der Waals surface area contributed by atoms with E-state index in [1.807, 2.05) is 0 Å². The number of halogens is 1. The highest BCUT2D eigenvalue weighted by molar-refractivity contribution is 5.85. The summed E-state index contributed by atoms with van der Waals surface area (Å²) in [5.74, 6) is 0.600. The van der Waals surface area contributed by atoms with Crippen LogP contribution in [0.4, 0.5) is 0 Å². The molecule has 2 saturated heterocycles. The molecule has 1 N–H and O–H groups in total. The van der Waals surface area contributed by atoms with Gasteiger partial charge < -0.3 is 15.0 Å². The van der Waals surface area contributed by atoms with Crippen LogP contribution in [0.15, 0.2) is 0 Å². The second kappa shape index (κ2) is 6.91. The van der Waals surface area contributed by atoms with E-state index in [2.05, 4.69) is 10.2 Å². The van der Waals surface area contributed by atoms with Crippen molar-refractivity contribution in [2.24, 2.45) is 5.92 Å². The summed E-state index contributed by atoms with van der Waals surface area (Å²) in [6, 6.07) is 0.488. The molecular formula is C14H25ClN2O2. The maximum absolute atomic E-state index is 12.5. The highest BCUT2D eigenvalue weighted by Crippen LogP contribution is 2.27. The van der Waals surface area contributed by atoms with Crippen molar-refractivity contribution >= 4 is 18.3 Å². The highest BCUT2D eigenvalue weighted by Gasteiger charge is 2.35. The zero-order chi connectivity index (χ0) is 12.4.